The highest BCUT2D eigenvalue weighted by Crippen LogP contribution is 2.45. The fourth-order valence-electron chi connectivity index (χ4n) is 3.72. The summed E-state index contributed by atoms with van der Waals surface area (Å²) in [5.41, 5.74) is 4.30. The lowest BCUT2D eigenvalue weighted by molar-refractivity contribution is 0.949. The molecule has 2 atom stereocenters. The molecule has 158 valence electrons. The number of nitrogens with zero attached hydrogens (tertiary/aromatic N) is 6. The Hall–Kier alpha value is -2.45. The first-order valence-corrected chi connectivity index (χ1v) is 12.4. The molecule has 5 rings (SSSR count). The number of aryl methyl sites for hydroxylation is 1. The van der Waals surface area contributed by atoms with Gasteiger partial charge in [-0.3, -0.25) is 0 Å². The molecule has 3 aliphatic heterocycles. The quantitative estimate of drug-likeness (QED) is 0.458. The predicted molar refractivity (Wildman–Crippen MR) is 131 cm³/mol. The van der Waals surface area contributed by atoms with Gasteiger partial charge in [0.25, 0.3) is 0 Å². The maximum atomic E-state index is 4.69. The summed E-state index contributed by atoms with van der Waals surface area (Å²) in [7, 11) is 0. The fourth-order valence-corrected chi connectivity index (χ4v) is 6.02. The van der Waals surface area contributed by atoms with Gasteiger partial charge in [0.2, 0.25) is 5.17 Å². The summed E-state index contributed by atoms with van der Waals surface area (Å²) in [5, 5.41) is 19.5. The lowest BCUT2D eigenvalue weighted by atomic mass is 10.2. The number of amidine groups is 1. The second kappa shape index (κ2) is 9.36. The molecular weight excluding hydrogens is 424 g/mol. The molecule has 0 amide bonds. The van der Waals surface area contributed by atoms with Crippen molar-refractivity contribution in [3.63, 3.8) is 0 Å². The number of rotatable bonds is 5. The van der Waals surface area contributed by atoms with Crippen LogP contribution in [-0.4, -0.2) is 28.9 Å². The maximum absolute atomic E-state index is 4.69. The van der Waals surface area contributed by atoms with Crippen LogP contribution in [0.2, 0.25) is 0 Å². The molecule has 3 heterocycles. The molecule has 3 aliphatic rings. The van der Waals surface area contributed by atoms with E-state index in [1.807, 2.05) is 24.3 Å². The zero-order chi connectivity index (χ0) is 21.0. The van der Waals surface area contributed by atoms with E-state index >= 15 is 0 Å². The van der Waals surface area contributed by atoms with Gasteiger partial charge in [-0.15, -0.1) is 15.3 Å². The van der Waals surface area contributed by atoms with Crippen molar-refractivity contribution in [3.05, 3.63) is 65.2 Å². The summed E-state index contributed by atoms with van der Waals surface area (Å²) >= 11 is 3.27. The van der Waals surface area contributed by atoms with Crippen molar-refractivity contribution in [1.82, 2.24) is 0 Å². The van der Waals surface area contributed by atoms with Crippen LogP contribution in [0.4, 0.5) is 17.1 Å². The second-order valence-corrected chi connectivity index (χ2v) is 9.92. The highest BCUT2D eigenvalue weighted by Gasteiger charge is 2.35. The van der Waals surface area contributed by atoms with Crippen molar-refractivity contribution in [1.29, 1.82) is 0 Å². The second-order valence-electron chi connectivity index (χ2n) is 7.64. The SMILES string of the molecule is CCc1ccc(N=NC2=CC3SC(N=Nc4ccc(N5CCCC5)cc4)=NC3S2)cc1. The van der Waals surface area contributed by atoms with Crippen LogP contribution in [0.1, 0.15) is 25.3 Å². The lowest BCUT2D eigenvalue weighted by Crippen LogP contribution is -2.17. The Morgan fingerprint density at radius 3 is 2.23 bits per heavy atom. The van der Waals surface area contributed by atoms with Crippen LogP contribution < -0.4 is 4.90 Å². The number of anilines is 1. The molecule has 0 spiro atoms. The average molecular weight is 449 g/mol. The summed E-state index contributed by atoms with van der Waals surface area (Å²) in [6.45, 7) is 4.44. The highest BCUT2D eigenvalue weighted by atomic mass is 32.2. The number of benzene rings is 2. The van der Waals surface area contributed by atoms with Crippen molar-refractivity contribution in [2.24, 2.45) is 25.4 Å². The van der Waals surface area contributed by atoms with Crippen LogP contribution in [0.25, 0.3) is 0 Å². The lowest BCUT2D eigenvalue weighted by Gasteiger charge is -2.17. The van der Waals surface area contributed by atoms with Gasteiger partial charge in [-0.2, -0.15) is 5.11 Å². The molecule has 0 bridgehead atoms. The van der Waals surface area contributed by atoms with E-state index in [1.54, 1.807) is 23.5 Å². The fraction of sp³-hybridized carbons (Fsp3) is 0.348. The molecule has 8 heteroatoms. The van der Waals surface area contributed by atoms with Crippen molar-refractivity contribution in [2.45, 2.75) is 36.8 Å². The zero-order valence-electron chi connectivity index (χ0n) is 17.4. The number of hydrogen-bond acceptors (Lipinski definition) is 8. The van der Waals surface area contributed by atoms with Gasteiger partial charge in [0.1, 0.15) is 10.4 Å². The van der Waals surface area contributed by atoms with E-state index in [-0.39, 0.29) is 10.6 Å². The molecule has 0 N–H and O–H groups in total. The molecule has 6 nitrogen and oxygen atoms in total. The normalized spacial score (nSPS) is 23.1. The van der Waals surface area contributed by atoms with Crippen LogP contribution in [-0.2, 0) is 6.42 Å². The first-order valence-electron chi connectivity index (χ1n) is 10.7. The minimum atomic E-state index is 0.105. The van der Waals surface area contributed by atoms with Crippen molar-refractivity contribution in [2.75, 3.05) is 18.0 Å². The first-order chi connectivity index (χ1) is 15.3. The van der Waals surface area contributed by atoms with Gasteiger partial charge in [0.15, 0.2) is 0 Å². The van der Waals surface area contributed by atoms with Crippen molar-refractivity contribution < 1.29 is 0 Å². The van der Waals surface area contributed by atoms with Gasteiger partial charge in [0, 0.05) is 18.8 Å². The van der Waals surface area contributed by atoms with Crippen LogP contribution in [0.15, 0.2) is 85.1 Å². The van der Waals surface area contributed by atoms with E-state index in [2.05, 4.69) is 62.6 Å². The standard InChI is InChI=1S/C23H24N6S2/c1-2-16-5-7-17(8-6-16)25-27-21-15-20-22(31-21)24-23(30-20)28-26-18-9-11-19(12-10-18)29-13-3-4-14-29/h5-12,15,20,22H,2-4,13-14H2,1H3. The van der Waals surface area contributed by atoms with Crippen LogP contribution in [0.5, 0.6) is 0 Å². The molecule has 0 saturated carbocycles. The van der Waals surface area contributed by atoms with Gasteiger partial charge in [-0.25, -0.2) is 4.99 Å². The summed E-state index contributed by atoms with van der Waals surface area (Å²) in [6, 6.07) is 16.5. The highest BCUT2D eigenvalue weighted by molar-refractivity contribution is 8.16. The molecule has 1 saturated heterocycles. The smallest absolute Gasteiger partial charge is 0.206 e. The number of azo groups is 2. The number of fused-ring (bicyclic) bond motifs is 1. The Kier molecular flexibility index (Phi) is 6.18. The summed E-state index contributed by atoms with van der Waals surface area (Å²) < 4.78 is 0. The van der Waals surface area contributed by atoms with Crippen LogP contribution in [0, 0.1) is 0 Å². The molecule has 0 radical (unpaired) electrons. The van der Waals surface area contributed by atoms with Gasteiger partial charge < -0.3 is 4.90 Å². The van der Waals surface area contributed by atoms with E-state index < -0.39 is 0 Å². The largest absolute Gasteiger partial charge is 0.372 e. The van der Waals surface area contributed by atoms with E-state index in [0.29, 0.717) is 0 Å². The van der Waals surface area contributed by atoms with E-state index in [1.165, 1.54) is 24.1 Å². The third kappa shape index (κ3) is 4.91. The number of aliphatic imine (C=N–C) groups is 1. The molecule has 0 aliphatic carbocycles. The van der Waals surface area contributed by atoms with E-state index in [0.717, 1.165) is 41.1 Å². The van der Waals surface area contributed by atoms with Crippen molar-refractivity contribution >= 4 is 45.8 Å². The Bertz CT molecular complexity index is 1040. The Morgan fingerprint density at radius 1 is 0.871 bits per heavy atom. The van der Waals surface area contributed by atoms with Gasteiger partial charge >= 0.3 is 0 Å². The predicted octanol–water partition coefficient (Wildman–Crippen LogP) is 7.10. The Balaban J connectivity index is 1.15. The molecule has 2 unspecified atom stereocenters. The minimum Gasteiger partial charge on any atom is -0.372 e. The Morgan fingerprint density at radius 2 is 1.55 bits per heavy atom. The van der Waals surface area contributed by atoms with Crippen LogP contribution >= 0.6 is 23.5 Å². The number of hydrogen-bond donors (Lipinski definition) is 0. The van der Waals surface area contributed by atoms with E-state index in [9.17, 15) is 0 Å². The third-order valence-electron chi connectivity index (χ3n) is 5.49. The average Bonchev–Trinajstić information content (AvgIpc) is 3.54. The third-order valence-corrected chi connectivity index (χ3v) is 7.82. The zero-order valence-corrected chi connectivity index (χ0v) is 19.0. The summed E-state index contributed by atoms with van der Waals surface area (Å²) in [6.07, 6.45) is 5.71. The monoisotopic (exact) mass is 448 g/mol. The number of thioether (sulfide) groups is 2. The molecule has 0 aromatic heterocycles. The topological polar surface area (TPSA) is 65.0 Å². The maximum Gasteiger partial charge on any atom is 0.206 e. The summed E-state index contributed by atoms with van der Waals surface area (Å²) in [4.78, 5) is 7.11. The van der Waals surface area contributed by atoms with Crippen LogP contribution in [0.3, 0.4) is 0 Å². The minimum absolute atomic E-state index is 0.105. The van der Waals surface area contributed by atoms with E-state index in [4.69, 9.17) is 4.99 Å². The molecule has 1 fully saturated rings. The molecule has 31 heavy (non-hydrogen) atoms. The molecule has 2 aromatic carbocycles. The first kappa shape index (κ1) is 20.5. The summed E-state index contributed by atoms with van der Waals surface area (Å²) in [5.74, 6) is 0. The Labute approximate surface area is 191 Å². The van der Waals surface area contributed by atoms with Gasteiger partial charge in [-0.05, 0) is 67.3 Å². The molecule has 2 aromatic rings. The van der Waals surface area contributed by atoms with Gasteiger partial charge in [-0.1, -0.05) is 42.6 Å². The van der Waals surface area contributed by atoms with Gasteiger partial charge in [0.05, 0.1) is 16.6 Å². The molecular formula is C23H24N6S2. The van der Waals surface area contributed by atoms with Crippen molar-refractivity contribution in [3.8, 4) is 0 Å².